The summed E-state index contributed by atoms with van der Waals surface area (Å²) in [5.74, 6) is 1.64. The van der Waals surface area contributed by atoms with Crippen LogP contribution in [0.1, 0.15) is 29.3 Å². The van der Waals surface area contributed by atoms with E-state index in [4.69, 9.17) is 4.52 Å². The highest BCUT2D eigenvalue weighted by Crippen LogP contribution is 2.28. The minimum atomic E-state index is -2.25. The quantitative estimate of drug-likeness (QED) is 0.834. The largest absolute Gasteiger partial charge is 0.339 e. The fourth-order valence-electron chi connectivity index (χ4n) is 3.06. The summed E-state index contributed by atoms with van der Waals surface area (Å²) in [6.07, 6.45) is 0.242. The van der Waals surface area contributed by atoms with Gasteiger partial charge in [-0.3, -0.25) is 4.90 Å². The summed E-state index contributed by atoms with van der Waals surface area (Å²) >= 11 is 1.44. The van der Waals surface area contributed by atoms with E-state index in [2.05, 4.69) is 14.5 Å². The summed E-state index contributed by atoms with van der Waals surface area (Å²) in [7, 11) is 0. The van der Waals surface area contributed by atoms with Crippen LogP contribution in [-0.4, -0.2) is 45.5 Å². The zero-order valence-corrected chi connectivity index (χ0v) is 14.1. The van der Waals surface area contributed by atoms with Crippen molar-refractivity contribution in [1.82, 2.24) is 19.4 Å². The van der Waals surface area contributed by atoms with Crippen LogP contribution in [0.5, 0.6) is 0 Å². The van der Waals surface area contributed by atoms with Gasteiger partial charge in [0.05, 0.1) is 17.8 Å². The Morgan fingerprint density at radius 3 is 2.65 bits per heavy atom. The topological polar surface area (TPSA) is 55.1 Å². The monoisotopic (exact) mass is 342 g/mol. The van der Waals surface area contributed by atoms with Gasteiger partial charge in [0.1, 0.15) is 0 Å². The van der Waals surface area contributed by atoms with Crippen LogP contribution in [0.3, 0.4) is 0 Å². The van der Waals surface area contributed by atoms with E-state index in [0.717, 1.165) is 29.0 Å². The molecule has 0 aromatic carbocycles. The summed E-state index contributed by atoms with van der Waals surface area (Å²) in [4.78, 5) is 7.39. The fourth-order valence-corrected chi connectivity index (χ4v) is 3.75. The normalized spacial score (nSPS) is 17.3. The molecule has 3 heterocycles. The number of piperidine rings is 1. The second-order valence-electron chi connectivity index (χ2n) is 6.05. The highest BCUT2D eigenvalue weighted by atomic mass is 32.1. The Morgan fingerprint density at radius 1 is 1.30 bits per heavy atom. The number of hydrogen-bond donors (Lipinski definition) is 0. The number of nitrogens with zero attached hydrogens (tertiary/aromatic N) is 4. The highest BCUT2D eigenvalue weighted by molar-refractivity contribution is 7.06. The Labute approximate surface area is 137 Å². The Hall–Kier alpha value is -1.41. The average Bonchev–Trinajstić information content (AvgIpc) is 3.07. The Kier molecular flexibility index (Phi) is 5.01. The molecule has 126 valence electrons. The van der Waals surface area contributed by atoms with Crippen LogP contribution in [0.25, 0.3) is 11.4 Å². The van der Waals surface area contributed by atoms with E-state index in [-0.39, 0.29) is 6.54 Å². The SMILES string of the molecule is Cc1nsc(C)c1-c1noc(CC2CCN(CC(F)F)CC2)n1. The molecule has 1 saturated heterocycles. The molecule has 0 radical (unpaired) electrons. The molecule has 0 N–H and O–H groups in total. The van der Waals surface area contributed by atoms with Gasteiger partial charge < -0.3 is 4.52 Å². The van der Waals surface area contributed by atoms with Crippen LogP contribution in [-0.2, 0) is 6.42 Å². The molecule has 2 aromatic rings. The standard InChI is InChI=1S/C15H20F2N4OS/c1-9-14(10(2)23-20-9)15-18-13(22-19-15)7-11-3-5-21(6-4-11)8-12(16)17/h11-12H,3-8H2,1-2H3. The summed E-state index contributed by atoms with van der Waals surface area (Å²) in [6.45, 7) is 5.23. The Balaban J connectivity index is 1.58. The second-order valence-corrected chi connectivity index (χ2v) is 7.03. The lowest BCUT2D eigenvalue weighted by molar-refractivity contribution is 0.0681. The molecule has 0 saturated carbocycles. The van der Waals surface area contributed by atoms with Crippen LogP contribution in [0, 0.1) is 19.8 Å². The molecular formula is C15H20F2N4OS. The van der Waals surface area contributed by atoms with Gasteiger partial charge in [0.2, 0.25) is 11.7 Å². The second kappa shape index (κ2) is 7.00. The molecule has 1 fully saturated rings. The zero-order valence-electron chi connectivity index (χ0n) is 13.3. The number of hydrogen-bond acceptors (Lipinski definition) is 6. The first kappa shape index (κ1) is 16.4. The van der Waals surface area contributed by atoms with Crippen molar-refractivity contribution in [2.24, 2.45) is 5.92 Å². The lowest BCUT2D eigenvalue weighted by atomic mass is 9.93. The van der Waals surface area contributed by atoms with Crippen molar-refractivity contribution < 1.29 is 13.3 Å². The molecule has 2 aromatic heterocycles. The minimum absolute atomic E-state index is 0.124. The van der Waals surface area contributed by atoms with Crippen molar-refractivity contribution in [3.63, 3.8) is 0 Å². The van der Waals surface area contributed by atoms with Gasteiger partial charge in [0, 0.05) is 11.3 Å². The number of aryl methyl sites for hydroxylation is 2. The third kappa shape index (κ3) is 3.92. The van der Waals surface area contributed by atoms with Gasteiger partial charge in [0.25, 0.3) is 6.43 Å². The molecule has 0 aliphatic carbocycles. The molecule has 3 rings (SSSR count). The lowest BCUT2D eigenvalue weighted by Crippen LogP contribution is -2.37. The lowest BCUT2D eigenvalue weighted by Gasteiger charge is -2.30. The molecular weight excluding hydrogens is 322 g/mol. The van der Waals surface area contributed by atoms with Gasteiger partial charge in [-0.15, -0.1) is 0 Å². The molecule has 1 aliphatic rings. The molecule has 8 heteroatoms. The molecule has 1 aliphatic heterocycles. The van der Waals surface area contributed by atoms with E-state index in [1.54, 1.807) is 0 Å². The fraction of sp³-hybridized carbons (Fsp3) is 0.667. The smallest absolute Gasteiger partial charge is 0.251 e. The van der Waals surface area contributed by atoms with E-state index >= 15 is 0 Å². The van der Waals surface area contributed by atoms with Crippen LogP contribution in [0.2, 0.25) is 0 Å². The number of rotatable bonds is 5. The maximum atomic E-state index is 12.4. The maximum absolute atomic E-state index is 12.4. The van der Waals surface area contributed by atoms with Crippen molar-refractivity contribution in [1.29, 1.82) is 0 Å². The molecule has 0 amide bonds. The van der Waals surface area contributed by atoms with Crippen LogP contribution in [0.15, 0.2) is 4.52 Å². The number of likely N-dealkylation sites (tertiary alicyclic amines) is 1. The third-order valence-corrected chi connectivity index (χ3v) is 5.13. The minimum Gasteiger partial charge on any atom is -0.339 e. The average molecular weight is 342 g/mol. The first-order chi connectivity index (χ1) is 11.0. The van der Waals surface area contributed by atoms with Crippen LogP contribution >= 0.6 is 11.5 Å². The van der Waals surface area contributed by atoms with Gasteiger partial charge in [0.15, 0.2) is 0 Å². The number of aromatic nitrogens is 3. The predicted octanol–water partition coefficient (Wildman–Crippen LogP) is 3.33. The van der Waals surface area contributed by atoms with Crippen molar-refractivity contribution >= 4 is 11.5 Å². The number of alkyl halides is 2. The highest BCUT2D eigenvalue weighted by Gasteiger charge is 2.24. The van der Waals surface area contributed by atoms with E-state index < -0.39 is 6.43 Å². The first-order valence-electron chi connectivity index (χ1n) is 7.79. The van der Waals surface area contributed by atoms with Gasteiger partial charge in [-0.1, -0.05) is 5.16 Å². The van der Waals surface area contributed by atoms with Crippen LogP contribution in [0.4, 0.5) is 8.78 Å². The van der Waals surface area contributed by atoms with Crippen molar-refractivity contribution in [2.75, 3.05) is 19.6 Å². The molecule has 0 bridgehead atoms. The van der Waals surface area contributed by atoms with Gasteiger partial charge in [-0.25, -0.2) is 8.78 Å². The van der Waals surface area contributed by atoms with Gasteiger partial charge in [-0.2, -0.15) is 9.36 Å². The van der Waals surface area contributed by atoms with Crippen LogP contribution < -0.4 is 0 Å². The Morgan fingerprint density at radius 2 is 2.04 bits per heavy atom. The first-order valence-corrected chi connectivity index (χ1v) is 8.56. The van der Waals surface area contributed by atoms with Crippen molar-refractivity contribution in [2.45, 2.75) is 39.5 Å². The third-order valence-electron chi connectivity index (χ3n) is 4.29. The number of halogens is 2. The molecule has 0 atom stereocenters. The zero-order chi connectivity index (χ0) is 16.4. The Bertz CT molecular complexity index is 630. The van der Waals surface area contributed by atoms with E-state index in [0.29, 0.717) is 37.1 Å². The predicted molar refractivity (Wildman–Crippen MR) is 83.8 cm³/mol. The molecule has 23 heavy (non-hydrogen) atoms. The van der Waals surface area contributed by atoms with Crippen molar-refractivity contribution in [3.05, 3.63) is 16.5 Å². The molecule has 0 spiro atoms. The molecule has 5 nitrogen and oxygen atoms in total. The van der Waals surface area contributed by atoms with Crippen molar-refractivity contribution in [3.8, 4) is 11.4 Å². The summed E-state index contributed by atoms with van der Waals surface area (Å²) in [5, 5.41) is 4.07. The maximum Gasteiger partial charge on any atom is 0.251 e. The summed E-state index contributed by atoms with van der Waals surface area (Å²) < 4.78 is 34.5. The van der Waals surface area contributed by atoms with E-state index in [9.17, 15) is 8.78 Å². The van der Waals surface area contributed by atoms with E-state index in [1.165, 1.54) is 11.5 Å². The molecule has 0 unspecified atom stereocenters. The van der Waals surface area contributed by atoms with Gasteiger partial charge in [-0.05, 0) is 57.2 Å². The van der Waals surface area contributed by atoms with Gasteiger partial charge >= 0.3 is 0 Å². The summed E-state index contributed by atoms with van der Waals surface area (Å²) in [6, 6.07) is 0. The summed E-state index contributed by atoms with van der Waals surface area (Å²) in [5.41, 5.74) is 1.87. The van der Waals surface area contributed by atoms with E-state index in [1.807, 2.05) is 18.7 Å².